The van der Waals surface area contributed by atoms with E-state index in [4.69, 9.17) is 5.26 Å². The number of aliphatic hydroxyl groups is 2. The minimum Gasteiger partial charge on any atom is -0.389 e. The van der Waals surface area contributed by atoms with E-state index in [2.05, 4.69) is 0 Å². The summed E-state index contributed by atoms with van der Waals surface area (Å²) in [5.41, 5.74) is 1.03. The lowest BCUT2D eigenvalue weighted by molar-refractivity contribution is 0.0572. The first-order valence-corrected chi connectivity index (χ1v) is 7.36. The van der Waals surface area contributed by atoms with Gasteiger partial charge in [0.1, 0.15) is 0 Å². The maximum Gasteiger partial charge on any atom is 0.218 e. The summed E-state index contributed by atoms with van der Waals surface area (Å²) in [7, 11) is -3.57. The highest BCUT2D eigenvalue weighted by atomic mass is 32.2. The van der Waals surface area contributed by atoms with Crippen molar-refractivity contribution in [2.24, 2.45) is 0 Å². The fourth-order valence-electron chi connectivity index (χ4n) is 1.94. The van der Waals surface area contributed by atoms with Crippen molar-refractivity contribution in [1.29, 1.82) is 5.26 Å². The van der Waals surface area contributed by atoms with E-state index in [9.17, 15) is 18.6 Å². The maximum absolute atomic E-state index is 12.1. The molecular weight excluding hydrogens is 268 g/mol. The molecule has 2 rings (SSSR count). The van der Waals surface area contributed by atoms with E-state index in [0.29, 0.717) is 11.1 Å². The van der Waals surface area contributed by atoms with Crippen molar-refractivity contribution in [3.63, 3.8) is 0 Å². The van der Waals surface area contributed by atoms with Crippen LogP contribution in [0.1, 0.15) is 11.1 Å². The van der Waals surface area contributed by atoms with Gasteiger partial charge in [0.15, 0.2) is 0 Å². The van der Waals surface area contributed by atoms with Gasteiger partial charge in [0.25, 0.3) is 0 Å². The average Bonchev–Trinajstić information content (AvgIpc) is 2.71. The normalized spacial score (nSPS) is 24.3. The number of rotatable bonds is 3. The SMILES string of the molecule is N#Cc1ccc(CS(=O)(=O)N2CC(O)C(O)C2)cc1. The number of benzene rings is 1. The summed E-state index contributed by atoms with van der Waals surface area (Å²) < 4.78 is 25.3. The fourth-order valence-corrected chi connectivity index (χ4v) is 3.50. The van der Waals surface area contributed by atoms with E-state index in [1.165, 1.54) is 0 Å². The van der Waals surface area contributed by atoms with Crippen molar-refractivity contribution in [2.75, 3.05) is 13.1 Å². The van der Waals surface area contributed by atoms with Gasteiger partial charge in [-0.15, -0.1) is 0 Å². The van der Waals surface area contributed by atoms with Crippen molar-refractivity contribution in [3.05, 3.63) is 35.4 Å². The molecule has 0 bridgehead atoms. The molecule has 0 aromatic heterocycles. The molecule has 0 amide bonds. The van der Waals surface area contributed by atoms with Crippen LogP contribution in [0.3, 0.4) is 0 Å². The molecule has 2 unspecified atom stereocenters. The number of hydrogen-bond donors (Lipinski definition) is 2. The second kappa shape index (κ2) is 5.27. The van der Waals surface area contributed by atoms with E-state index in [1.807, 2.05) is 6.07 Å². The number of aliphatic hydroxyl groups excluding tert-OH is 2. The monoisotopic (exact) mass is 282 g/mol. The molecule has 0 radical (unpaired) electrons. The third-order valence-electron chi connectivity index (χ3n) is 3.05. The molecule has 0 spiro atoms. The second-order valence-corrected chi connectivity index (χ2v) is 6.49. The first kappa shape index (κ1) is 14.0. The molecule has 1 aromatic rings. The van der Waals surface area contributed by atoms with Gasteiger partial charge in [-0.2, -0.15) is 9.57 Å². The molecule has 0 aliphatic carbocycles. The summed E-state index contributed by atoms with van der Waals surface area (Å²) in [5, 5.41) is 27.4. The Morgan fingerprint density at radius 2 is 1.74 bits per heavy atom. The Kier molecular flexibility index (Phi) is 3.87. The Morgan fingerprint density at radius 3 is 2.21 bits per heavy atom. The van der Waals surface area contributed by atoms with Crippen LogP contribution < -0.4 is 0 Å². The minimum absolute atomic E-state index is 0.0836. The van der Waals surface area contributed by atoms with Gasteiger partial charge in [-0.1, -0.05) is 12.1 Å². The van der Waals surface area contributed by atoms with Gasteiger partial charge in [-0.3, -0.25) is 0 Å². The highest BCUT2D eigenvalue weighted by Gasteiger charge is 2.36. The third kappa shape index (κ3) is 3.11. The van der Waals surface area contributed by atoms with Gasteiger partial charge in [0.2, 0.25) is 10.0 Å². The van der Waals surface area contributed by atoms with Crippen molar-refractivity contribution >= 4 is 10.0 Å². The van der Waals surface area contributed by atoms with Crippen LogP contribution in [-0.2, 0) is 15.8 Å². The van der Waals surface area contributed by atoms with Crippen LogP contribution in [0, 0.1) is 11.3 Å². The lowest BCUT2D eigenvalue weighted by Crippen LogP contribution is -2.31. The Bertz CT molecular complexity index is 581. The zero-order valence-corrected chi connectivity index (χ0v) is 10.9. The summed E-state index contributed by atoms with van der Waals surface area (Å²) in [6, 6.07) is 8.23. The van der Waals surface area contributed by atoms with Crippen molar-refractivity contribution in [2.45, 2.75) is 18.0 Å². The number of nitriles is 1. The number of β-amino-alcohol motifs (C(OH)–C–C–N with tert-alkyl or cyclic N) is 2. The highest BCUT2D eigenvalue weighted by molar-refractivity contribution is 7.88. The summed E-state index contributed by atoms with van der Waals surface area (Å²) in [6.07, 6.45) is -2.06. The number of nitrogens with zero attached hydrogens (tertiary/aromatic N) is 2. The molecule has 19 heavy (non-hydrogen) atoms. The zero-order chi connectivity index (χ0) is 14.0. The molecule has 1 fully saturated rings. The number of sulfonamides is 1. The summed E-state index contributed by atoms with van der Waals surface area (Å²) in [6.45, 7) is -0.167. The highest BCUT2D eigenvalue weighted by Crippen LogP contribution is 2.18. The number of hydrogen-bond acceptors (Lipinski definition) is 5. The third-order valence-corrected chi connectivity index (χ3v) is 4.83. The summed E-state index contributed by atoms with van der Waals surface area (Å²) in [5.74, 6) is -0.210. The van der Waals surface area contributed by atoms with Crippen LogP contribution in [0.4, 0.5) is 0 Å². The van der Waals surface area contributed by atoms with Gasteiger partial charge in [-0.05, 0) is 17.7 Å². The van der Waals surface area contributed by atoms with Crippen molar-refractivity contribution < 1.29 is 18.6 Å². The van der Waals surface area contributed by atoms with Gasteiger partial charge in [0.05, 0.1) is 29.6 Å². The molecule has 1 aliphatic rings. The van der Waals surface area contributed by atoms with Crippen molar-refractivity contribution in [3.8, 4) is 6.07 Å². The molecule has 7 heteroatoms. The van der Waals surface area contributed by atoms with Crippen molar-refractivity contribution in [1.82, 2.24) is 4.31 Å². The van der Waals surface area contributed by atoms with E-state index < -0.39 is 22.2 Å². The smallest absolute Gasteiger partial charge is 0.218 e. The topological polar surface area (TPSA) is 102 Å². The second-order valence-electron chi connectivity index (χ2n) is 4.52. The van der Waals surface area contributed by atoms with Crippen LogP contribution in [0.25, 0.3) is 0 Å². The largest absolute Gasteiger partial charge is 0.389 e. The maximum atomic E-state index is 12.1. The first-order chi connectivity index (χ1) is 8.92. The predicted octanol–water partition coefficient (Wildman–Crippen LogP) is -0.575. The average molecular weight is 282 g/mol. The Labute approximate surface area is 111 Å². The van der Waals surface area contributed by atoms with Crippen LogP contribution in [-0.4, -0.2) is 48.2 Å². The Hall–Kier alpha value is -1.46. The van der Waals surface area contributed by atoms with E-state index in [0.717, 1.165) is 4.31 Å². The molecule has 102 valence electrons. The minimum atomic E-state index is -3.57. The molecule has 1 saturated heterocycles. The Balaban J connectivity index is 2.11. The fraction of sp³-hybridized carbons (Fsp3) is 0.417. The first-order valence-electron chi connectivity index (χ1n) is 5.75. The van der Waals surface area contributed by atoms with E-state index >= 15 is 0 Å². The lowest BCUT2D eigenvalue weighted by atomic mass is 10.2. The molecule has 0 saturated carbocycles. The lowest BCUT2D eigenvalue weighted by Gasteiger charge is -2.15. The van der Waals surface area contributed by atoms with Crippen LogP contribution in [0.5, 0.6) is 0 Å². The van der Waals surface area contributed by atoms with Gasteiger partial charge in [0, 0.05) is 13.1 Å². The zero-order valence-electron chi connectivity index (χ0n) is 10.1. The van der Waals surface area contributed by atoms with Crippen LogP contribution in [0.15, 0.2) is 24.3 Å². The quantitative estimate of drug-likeness (QED) is 0.772. The van der Waals surface area contributed by atoms with Gasteiger partial charge in [-0.25, -0.2) is 8.42 Å². The standard InChI is InChI=1S/C12H14N2O4S/c13-5-9-1-3-10(4-2-9)8-19(17,18)14-6-11(15)12(16)7-14/h1-4,11-12,15-16H,6-8H2. The van der Waals surface area contributed by atoms with Crippen LogP contribution >= 0.6 is 0 Å². The molecule has 1 aliphatic heterocycles. The molecule has 2 atom stereocenters. The molecule has 1 aromatic carbocycles. The van der Waals surface area contributed by atoms with E-state index in [-0.39, 0.29) is 18.8 Å². The van der Waals surface area contributed by atoms with Crippen LogP contribution in [0.2, 0.25) is 0 Å². The van der Waals surface area contributed by atoms with Gasteiger partial charge < -0.3 is 10.2 Å². The molecular formula is C12H14N2O4S. The predicted molar refractivity (Wildman–Crippen MR) is 67.4 cm³/mol. The Morgan fingerprint density at radius 1 is 1.21 bits per heavy atom. The summed E-state index contributed by atoms with van der Waals surface area (Å²) >= 11 is 0. The molecule has 6 nitrogen and oxygen atoms in total. The molecule has 1 heterocycles. The van der Waals surface area contributed by atoms with E-state index in [1.54, 1.807) is 24.3 Å². The molecule has 2 N–H and O–H groups in total. The van der Waals surface area contributed by atoms with Gasteiger partial charge >= 0.3 is 0 Å². The summed E-state index contributed by atoms with van der Waals surface area (Å²) in [4.78, 5) is 0.